The summed E-state index contributed by atoms with van der Waals surface area (Å²) in [6, 6.07) is 11.7. The molecule has 0 spiro atoms. The molecule has 0 bridgehead atoms. The minimum absolute atomic E-state index is 0.123. The third-order valence-electron chi connectivity index (χ3n) is 4.22. The van der Waals surface area contributed by atoms with E-state index in [-0.39, 0.29) is 11.2 Å². The molecule has 0 saturated carbocycles. The molecule has 2 aromatic carbocycles. The highest BCUT2D eigenvalue weighted by Gasteiger charge is 2.25. The van der Waals surface area contributed by atoms with Crippen LogP contribution in [0.1, 0.15) is 26.3 Å². The molecule has 1 aromatic heterocycles. The molecule has 3 aromatic rings. The van der Waals surface area contributed by atoms with Gasteiger partial charge in [-0.2, -0.15) is 0 Å². The minimum Gasteiger partial charge on any atom is -0.422 e. The molecule has 2 heterocycles. The first-order valence-corrected chi connectivity index (χ1v) is 7.43. The van der Waals surface area contributed by atoms with E-state index in [4.69, 9.17) is 4.42 Å². The molecule has 22 heavy (non-hydrogen) atoms. The highest BCUT2D eigenvalue weighted by atomic mass is 16.4. The van der Waals surface area contributed by atoms with Gasteiger partial charge in [0.05, 0.1) is 10.9 Å². The Labute approximate surface area is 128 Å². The highest BCUT2D eigenvalue weighted by molar-refractivity contribution is 6.10. The van der Waals surface area contributed by atoms with Crippen LogP contribution < -0.4 is 10.9 Å². The van der Waals surface area contributed by atoms with Crippen molar-refractivity contribution in [3.8, 4) is 0 Å². The fraction of sp³-hybridized carbons (Fsp3) is 0.211. The third kappa shape index (κ3) is 1.78. The number of fused-ring (bicyclic) bond motifs is 5. The average Bonchev–Trinajstić information content (AvgIpc) is 2.45. The van der Waals surface area contributed by atoms with E-state index in [0.717, 1.165) is 27.6 Å². The maximum Gasteiger partial charge on any atom is 0.344 e. The first kappa shape index (κ1) is 13.1. The minimum atomic E-state index is -0.278. The zero-order valence-electron chi connectivity index (χ0n) is 12.9. The zero-order chi connectivity index (χ0) is 15.5. The fourth-order valence-corrected chi connectivity index (χ4v) is 3.48. The summed E-state index contributed by atoms with van der Waals surface area (Å²) in [6.45, 7) is 6.29. The predicted octanol–water partition coefficient (Wildman–Crippen LogP) is 4.55. The van der Waals surface area contributed by atoms with Crippen LogP contribution in [0.5, 0.6) is 0 Å². The third-order valence-corrected chi connectivity index (χ3v) is 4.22. The molecule has 1 aliphatic rings. The van der Waals surface area contributed by atoms with Crippen LogP contribution in [0.15, 0.2) is 51.7 Å². The Hall–Kier alpha value is -2.55. The second-order valence-corrected chi connectivity index (χ2v) is 6.47. The van der Waals surface area contributed by atoms with Crippen LogP contribution >= 0.6 is 0 Å². The van der Waals surface area contributed by atoms with E-state index in [1.807, 2.05) is 30.3 Å². The molecule has 1 aliphatic heterocycles. The molecule has 3 heteroatoms. The number of nitrogens with one attached hydrogen (secondary N) is 1. The lowest BCUT2D eigenvalue weighted by molar-refractivity contribution is 0.569. The number of allylic oxidation sites excluding steroid dienone is 1. The number of rotatable bonds is 0. The van der Waals surface area contributed by atoms with Gasteiger partial charge in [0.2, 0.25) is 0 Å². The van der Waals surface area contributed by atoms with Gasteiger partial charge in [0.15, 0.2) is 0 Å². The molecule has 0 fully saturated rings. The summed E-state index contributed by atoms with van der Waals surface area (Å²) in [4.78, 5) is 12.5. The van der Waals surface area contributed by atoms with E-state index in [9.17, 15) is 4.79 Å². The van der Waals surface area contributed by atoms with E-state index < -0.39 is 0 Å². The fourth-order valence-electron chi connectivity index (χ4n) is 3.48. The van der Waals surface area contributed by atoms with E-state index >= 15 is 0 Å². The highest BCUT2D eigenvalue weighted by Crippen LogP contribution is 2.38. The van der Waals surface area contributed by atoms with Gasteiger partial charge in [-0.05, 0) is 38.5 Å². The summed E-state index contributed by atoms with van der Waals surface area (Å²) in [5.74, 6) is 0. The van der Waals surface area contributed by atoms with Crippen LogP contribution in [0.2, 0.25) is 0 Å². The maximum atomic E-state index is 12.5. The van der Waals surface area contributed by atoms with E-state index in [0.29, 0.717) is 11.0 Å². The molecule has 110 valence electrons. The second-order valence-electron chi connectivity index (χ2n) is 6.47. The van der Waals surface area contributed by atoms with Crippen molar-refractivity contribution in [3.63, 3.8) is 0 Å². The van der Waals surface area contributed by atoms with Crippen molar-refractivity contribution in [2.45, 2.75) is 26.3 Å². The molecule has 0 saturated heterocycles. The molecule has 3 nitrogen and oxygen atoms in total. The normalized spacial score (nSPS) is 16.2. The Balaban J connectivity index is 2.20. The smallest absolute Gasteiger partial charge is 0.344 e. The van der Waals surface area contributed by atoms with E-state index in [1.165, 1.54) is 0 Å². The van der Waals surface area contributed by atoms with Crippen molar-refractivity contribution in [2.24, 2.45) is 0 Å². The zero-order valence-corrected chi connectivity index (χ0v) is 12.9. The van der Waals surface area contributed by atoms with Gasteiger partial charge in [-0.1, -0.05) is 30.3 Å². The number of benzene rings is 2. The van der Waals surface area contributed by atoms with Crippen LogP contribution in [0.3, 0.4) is 0 Å². The van der Waals surface area contributed by atoms with Gasteiger partial charge in [-0.15, -0.1) is 0 Å². The number of para-hydroxylation sites is 1. The standard InChI is InChI=1S/C19H17NO2/c1-11-10-19(2,3)20-14-9-8-13-12-6-4-5-7-15(12)22-18(21)17(13)16(11)14/h4-10,20H,1-3H3. The van der Waals surface area contributed by atoms with Crippen LogP contribution in [0.4, 0.5) is 5.69 Å². The topological polar surface area (TPSA) is 42.2 Å². The molecule has 4 rings (SSSR count). The Morgan fingerprint density at radius 2 is 1.82 bits per heavy atom. The predicted molar refractivity (Wildman–Crippen MR) is 91.3 cm³/mol. The summed E-state index contributed by atoms with van der Waals surface area (Å²) in [5.41, 5.74) is 3.27. The Kier molecular flexibility index (Phi) is 2.52. The van der Waals surface area contributed by atoms with E-state index in [2.05, 4.69) is 38.2 Å². The molecule has 1 N–H and O–H groups in total. The summed E-state index contributed by atoms with van der Waals surface area (Å²) < 4.78 is 5.53. The summed E-state index contributed by atoms with van der Waals surface area (Å²) >= 11 is 0. The van der Waals surface area contributed by atoms with Gasteiger partial charge < -0.3 is 9.73 Å². The lowest BCUT2D eigenvalue weighted by Crippen LogP contribution is -2.31. The van der Waals surface area contributed by atoms with Crippen molar-refractivity contribution < 1.29 is 4.42 Å². The first-order chi connectivity index (χ1) is 10.5. The quantitative estimate of drug-likeness (QED) is 0.488. The lowest BCUT2D eigenvalue weighted by Gasteiger charge is -2.31. The van der Waals surface area contributed by atoms with Crippen molar-refractivity contribution in [2.75, 3.05) is 5.32 Å². The van der Waals surface area contributed by atoms with E-state index in [1.54, 1.807) is 0 Å². The monoisotopic (exact) mass is 291 g/mol. The van der Waals surface area contributed by atoms with Crippen LogP contribution in [-0.2, 0) is 0 Å². The van der Waals surface area contributed by atoms with Gasteiger partial charge in [-0.3, -0.25) is 0 Å². The van der Waals surface area contributed by atoms with Gasteiger partial charge in [0.1, 0.15) is 5.58 Å². The van der Waals surface area contributed by atoms with Crippen LogP contribution in [0.25, 0.3) is 27.3 Å². The van der Waals surface area contributed by atoms with Gasteiger partial charge in [0, 0.05) is 22.0 Å². The Morgan fingerprint density at radius 3 is 2.64 bits per heavy atom. The Bertz CT molecular complexity index is 1010. The molecule has 0 amide bonds. The second kappa shape index (κ2) is 4.23. The lowest BCUT2D eigenvalue weighted by atomic mass is 9.88. The Morgan fingerprint density at radius 1 is 1.05 bits per heavy atom. The molecular weight excluding hydrogens is 274 g/mol. The SMILES string of the molecule is CC1=CC(C)(C)Nc2ccc3c(c21)c(=O)oc1ccccc13. The molecule has 0 atom stereocenters. The summed E-state index contributed by atoms with van der Waals surface area (Å²) in [6.07, 6.45) is 2.16. The van der Waals surface area contributed by atoms with Gasteiger partial charge in [-0.25, -0.2) is 4.79 Å². The van der Waals surface area contributed by atoms with Crippen molar-refractivity contribution >= 4 is 33.0 Å². The van der Waals surface area contributed by atoms with Crippen molar-refractivity contribution in [1.82, 2.24) is 0 Å². The molecular formula is C19H17NO2. The van der Waals surface area contributed by atoms with Crippen LogP contribution in [0, 0.1) is 0 Å². The maximum absolute atomic E-state index is 12.5. The van der Waals surface area contributed by atoms with Crippen LogP contribution in [-0.4, -0.2) is 5.54 Å². The first-order valence-electron chi connectivity index (χ1n) is 7.43. The van der Waals surface area contributed by atoms with Crippen molar-refractivity contribution in [3.05, 3.63) is 58.5 Å². The number of hydrogen-bond acceptors (Lipinski definition) is 3. The van der Waals surface area contributed by atoms with Gasteiger partial charge >= 0.3 is 5.63 Å². The van der Waals surface area contributed by atoms with Crippen molar-refractivity contribution in [1.29, 1.82) is 0 Å². The molecule has 0 radical (unpaired) electrons. The van der Waals surface area contributed by atoms with Gasteiger partial charge in [0.25, 0.3) is 0 Å². The summed E-state index contributed by atoms with van der Waals surface area (Å²) in [7, 11) is 0. The summed E-state index contributed by atoms with van der Waals surface area (Å²) in [5, 5.41) is 6.05. The molecule has 0 unspecified atom stereocenters. The largest absolute Gasteiger partial charge is 0.422 e. The average molecular weight is 291 g/mol. The molecule has 0 aliphatic carbocycles. The number of hydrogen-bond donors (Lipinski definition) is 1. The number of anilines is 1.